The van der Waals surface area contributed by atoms with Gasteiger partial charge in [-0.1, -0.05) is 6.07 Å². The van der Waals surface area contributed by atoms with Crippen molar-refractivity contribution in [3.8, 4) is 11.8 Å². The topological polar surface area (TPSA) is 78.0 Å². The number of esters is 1. The molecule has 1 fully saturated rings. The van der Waals surface area contributed by atoms with Gasteiger partial charge in [-0.15, -0.1) is 0 Å². The first-order valence-corrected chi connectivity index (χ1v) is 10.3. The minimum atomic E-state index is -1.16. The van der Waals surface area contributed by atoms with Gasteiger partial charge < -0.3 is 19.1 Å². The zero-order valence-corrected chi connectivity index (χ0v) is 18.3. The molecule has 0 bridgehead atoms. The van der Waals surface area contributed by atoms with Gasteiger partial charge in [0.25, 0.3) is 5.91 Å². The number of carbonyl (C=O) groups is 2. The molecule has 1 atom stereocenters. The minimum Gasteiger partial charge on any atom is -0.481 e. The van der Waals surface area contributed by atoms with Crippen LogP contribution in [0, 0.1) is 17.0 Å². The van der Waals surface area contributed by atoms with Crippen LogP contribution in [-0.2, 0) is 16.0 Å². The number of likely N-dealkylation sites (tertiary alicyclic amines) is 1. The Morgan fingerprint density at radius 1 is 1.16 bits per heavy atom. The summed E-state index contributed by atoms with van der Waals surface area (Å²) in [5.74, 6) is -1.92. The van der Waals surface area contributed by atoms with Crippen molar-refractivity contribution in [2.75, 3.05) is 33.9 Å². The van der Waals surface area contributed by atoms with E-state index in [-0.39, 0.29) is 42.5 Å². The molecule has 1 amide bonds. The third-order valence-corrected chi connectivity index (χ3v) is 5.58. The van der Waals surface area contributed by atoms with E-state index in [0.29, 0.717) is 25.3 Å². The quantitative estimate of drug-likeness (QED) is 0.604. The number of pyridine rings is 1. The average Bonchev–Trinajstić information content (AvgIpc) is 2.80. The van der Waals surface area contributed by atoms with E-state index < -0.39 is 23.0 Å². The number of ether oxygens (including phenoxy) is 3. The van der Waals surface area contributed by atoms with Crippen LogP contribution in [0.2, 0.25) is 0 Å². The van der Waals surface area contributed by atoms with Crippen molar-refractivity contribution in [2.24, 2.45) is 5.41 Å². The number of hydrogen-bond acceptors (Lipinski definition) is 6. The highest BCUT2D eigenvalue weighted by molar-refractivity contribution is 5.97. The summed E-state index contributed by atoms with van der Waals surface area (Å²) < 4.78 is 43.4. The minimum absolute atomic E-state index is 0.0142. The second-order valence-corrected chi connectivity index (χ2v) is 7.65. The molecule has 0 N–H and O–H groups in total. The molecule has 1 aromatic carbocycles. The Hall–Kier alpha value is -3.23. The lowest BCUT2D eigenvalue weighted by Crippen LogP contribution is -2.51. The van der Waals surface area contributed by atoms with E-state index in [1.807, 2.05) is 0 Å². The van der Waals surface area contributed by atoms with Crippen LogP contribution in [0.3, 0.4) is 0 Å². The van der Waals surface area contributed by atoms with E-state index in [1.54, 1.807) is 19.1 Å². The molecule has 7 nitrogen and oxygen atoms in total. The van der Waals surface area contributed by atoms with Crippen LogP contribution < -0.4 is 9.47 Å². The van der Waals surface area contributed by atoms with E-state index in [4.69, 9.17) is 14.2 Å². The summed E-state index contributed by atoms with van der Waals surface area (Å²) in [5.41, 5.74) is -0.742. The summed E-state index contributed by atoms with van der Waals surface area (Å²) in [4.78, 5) is 32.0. The Kier molecular flexibility index (Phi) is 7.27. The number of benzene rings is 1. The highest BCUT2D eigenvalue weighted by atomic mass is 19.1. The van der Waals surface area contributed by atoms with E-state index in [9.17, 15) is 18.4 Å². The van der Waals surface area contributed by atoms with Crippen molar-refractivity contribution < 1.29 is 32.6 Å². The van der Waals surface area contributed by atoms with Crippen LogP contribution in [0.4, 0.5) is 8.78 Å². The number of halogens is 2. The Bertz CT molecular complexity index is 1000. The second-order valence-electron chi connectivity index (χ2n) is 7.65. The van der Waals surface area contributed by atoms with E-state index in [0.717, 1.165) is 12.1 Å². The van der Waals surface area contributed by atoms with Crippen LogP contribution in [0.1, 0.15) is 35.7 Å². The molecule has 1 aromatic heterocycles. The Morgan fingerprint density at radius 3 is 2.59 bits per heavy atom. The number of nitrogens with zero attached hydrogens (tertiary/aromatic N) is 2. The van der Waals surface area contributed by atoms with Crippen molar-refractivity contribution in [1.29, 1.82) is 0 Å². The molecule has 0 saturated carbocycles. The zero-order valence-electron chi connectivity index (χ0n) is 18.3. The summed E-state index contributed by atoms with van der Waals surface area (Å²) in [7, 11) is 2.85. The van der Waals surface area contributed by atoms with Gasteiger partial charge >= 0.3 is 5.97 Å². The molecule has 172 valence electrons. The summed E-state index contributed by atoms with van der Waals surface area (Å²) in [6.07, 6.45) is 0.906. The summed E-state index contributed by atoms with van der Waals surface area (Å²) in [6, 6.07) is 6.35. The number of rotatable bonds is 7. The molecule has 9 heteroatoms. The molecule has 0 radical (unpaired) electrons. The molecule has 2 aromatic rings. The number of hydrogen-bond donors (Lipinski definition) is 0. The molecule has 0 unspecified atom stereocenters. The SMILES string of the molecule is CCOC(=O)[C@]1(Cc2ccc(F)cc2F)CCCN(C(=O)c2ccc(OC)nc2OC)C1. The monoisotopic (exact) mass is 448 g/mol. The fraction of sp³-hybridized carbons (Fsp3) is 0.435. The molecule has 0 aliphatic carbocycles. The first-order valence-electron chi connectivity index (χ1n) is 10.3. The van der Waals surface area contributed by atoms with Crippen molar-refractivity contribution in [3.05, 3.63) is 53.1 Å². The lowest BCUT2D eigenvalue weighted by Gasteiger charge is -2.41. The maximum absolute atomic E-state index is 14.4. The number of aromatic nitrogens is 1. The average molecular weight is 448 g/mol. The smallest absolute Gasteiger partial charge is 0.314 e. The number of amides is 1. The van der Waals surface area contributed by atoms with Gasteiger partial charge in [-0.3, -0.25) is 9.59 Å². The Morgan fingerprint density at radius 2 is 1.94 bits per heavy atom. The Balaban J connectivity index is 1.93. The van der Waals surface area contributed by atoms with Gasteiger partial charge in [-0.05, 0) is 43.9 Å². The molecule has 2 heterocycles. The fourth-order valence-electron chi connectivity index (χ4n) is 4.03. The van der Waals surface area contributed by atoms with Gasteiger partial charge in [0.05, 0.1) is 26.2 Å². The van der Waals surface area contributed by atoms with Crippen LogP contribution in [-0.4, -0.2) is 55.7 Å². The maximum Gasteiger partial charge on any atom is 0.314 e. The molecule has 3 rings (SSSR count). The third-order valence-electron chi connectivity index (χ3n) is 5.58. The predicted molar refractivity (Wildman–Crippen MR) is 112 cm³/mol. The van der Waals surface area contributed by atoms with Gasteiger partial charge in [-0.25, -0.2) is 8.78 Å². The second kappa shape index (κ2) is 9.93. The predicted octanol–water partition coefficient (Wildman–Crippen LogP) is 3.41. The van der Waals surface area contributed by atoms with Crippen molar-refractivity contribution in [1.82, 2.24) is 9.88 Å². The number of piperidine rings is 1. The largest absolute Gasteiger partial charge is 0.481 e. The van der Waals surface area contributed by atoms with E-state index in [1.165, 1.54) is 25.2 Å². The van der Waals surface area contributed by atoms with Crippen molar-refractivity contribution >= 4 is 11.9 Å². The summed E-state index contributed by atoms with van der Waals surface area (Å²) >= 11 is 0. The molecule has 0 spiro atoms. The van der Waals surface area contributed by atoms with Gasteiger partial charge in [-0.2, -0.15) is 4.98 Å². The molecule has 32 heavy (non-hydrogen) atoms. The van der Waals surface area contributed by atoms with Crippen LogP contribution in [0.25, 0.3) is 0 Å². The van der Waals surface area contributed by atoms with Gasteiger partial charge in [0.15, 0.2) is 0 Å². The first kappa shape index (κ1) is 23.4. The fourth-order valence-corrected chi connectivity index (χ4v) is 4.03. The van der Waals surface area contributed by atoms with E-state index in [2.05, 4.69) is 4.98 Å². The lowest BCUT2D eigenvalue weighted by atomic mass is 9.74. The third kappa shape index (κ3) is 4.81. The van der Waals surface area contributed by atoms with Gasteiger partial charge in [0.1, 0.15) is 17.2 Å². The molecule has 1 aliphatic heterocycles. The van der Waals surface area contributed by atoms with Crippen LogP contribution in [0.5, 0.6) is 11.8 Å². The summed E-state index contributed by atoms with van der Waals surface area (Å²) in [5, 5.41) is 0. The first-order chi connectivity index (χ1) is 15.3. The van der Waals surface area contributed by atoms with Crippen molar-refractivity contribution in [2.45, 2.75) is 26.2 Å². The normalized spacial score (nSPS) is 18.2. The molecular formula is C23H26F2N2O5. The molecular weight excluding hydrogens is 422 g/mol. The Labute approximate surface area is 185 Å². The number of carbonyl (C=O) groups excluding carboxylic acids is 2. The molecule has 1 aliphatic rings. The van der Waals surface area contributed by atoms with Crippen molar-refractivity contribution in [3.63, 3.8) is 0 Å². The lowest BCUT2D eigenvalue weighted by molar-refractivity contribution is -0.158. The van der Waals surface area contributed by atoms with Crippen LogP contribution >= 0.6 is 0 Å². The number of methoxy groups -OCH3 is 2. The van der Waals surface area contributed by atoms with Gasteiger partial charge in [0.2, 0.25) is 11.8 Å². The van der Waals surface area contributed by atoms with E-state index >= 15 is 0 Å². The highest BCUT2D eigenvalue weighted by Crippen LogP contribution is 2.37. The highest BCUT2D eigenvalue weighted by Gasteiger charge is 2.45. The van der Waals surface area contributed by atoms with Crippen LogP contribution in [0.15, 0.2) is 30.3 Å². The zero-order chi connectivity index (χ0) is 23.3. The summed E-state index contributed by atoms with van der Waals surface area (Å²) in [6.45, 7) is 2.26. The van der Waals surface area contributed by atoms with Gasteiger partial charge in [0, 0.05) is 25.2 Å². The standard InChI is InChI=1S/C23H26F2N2O5/c1-4-32-22(29)23(13-15-6-7-16(24)12-18(15)25)10-5-11-27(14-23)21(28)17-8-9-19(30-2)26-20(17)31-3/h6-9,12H,4-5,10-11,13-14H2,1-3H3/t23-/m0/s1. The molecule has 1 saturated heterocycles. The maximum atomic E-state index is 14.4.